The first kappa shape index (κ1) is 15.5. The molecule has 21 heavy (non-hydrogen) atoms. The van der Waals surface area contributed by atoms with Gasteiger partial charge in [0.1, 0.15) is 6.10 Å². The minimum atomic E-state index is -0.0162. The minimum absolute atomic E-state index is 0.0162. The molecule has 0 aliphatic carbocycles. The summed E-state index contributed by atoms with van der Waals surface area (Å²) in [6.45, 7) is 5.56. The van der Waals surface area contributed by atoms with Crippen molar-refractivity contribution in [2.75, 3.05) is 20.2 Å². The van der Waals surface area contributed by atoms with Crippen LogP contribution in [0.5, 0.6) is 11.8 Å². The molecule has 0 bridgehead atoms. The van der Waals surface area contributed by atoms with Gasteiger partial charge in [0.25, 0.3) is 0 Å². The second kappa shape index (κ2) is 7.24. The Morgan fingerprint density at radius 1 is 1.38 bits per heavy atom. The molecule has 1 aliphatic heterocycles. The smallest absolute Gasteiger partial charge is 0.233 e. The van der Waals surface area contributed by atoms with E-state index in [1.54, 1.807) is 19.2 Å². The molecule has 0 saturated carbocycles. The first-order valence-electron chi connectivity index (χ1n) is 7.40. The van der Waals surface area contributed by atoms with Crippen molar-refractivity contribution in [1.82, 2.24) is 15.1 Å². The summed E-state index contributed by atoms with van der Waals surface area (Å²) in [5.74, 6) is 1.52. The highest BCUT2D eigenvalue weighted by molar-refractivity contribution is 5.76. The molecule has 0 N–H and O–H groups in total. The van der Waals surface area contributed by atoms with Gasteiger partial charge in [-0.05, 0) is 18.8 Å². The molecule has 1 fully saturated rings. The summed E-state index contributed by atoms with van der Waals surface area (Å²) in [5, 5.41) is 7.84. The standard InChI is InChI=1S/C15H23N3O3/c1-11(2)9-15(19)18-8-4-5-12(10-18)21-14-7-6-13(20-3)16-17-14/h6-7,11-12H,4-5,8-10H2,1-3H3. The average Bonchev–Trinajstić information content (AvgIpc) is 2.47. The van der Waals surface area contributed by atoms with Crippen LogP contribution in [0, 0.1) is 5.92 Å². The monoisotopic (exact) mass is 293 g/mol. The zero-order valence-electron chi connectivity index (χ0n) is 12.9. The number of aromatic nitrogens is 2. The summed E-state index contributed by atoms with van der Waals surface area (Å²) < 4.78 is 10.8. The summed E-state index contributed by atoms with van der Waals surface area (Å²) in [6, 6.07) is 3.45. The summed E-state index contributed by atoms with van der Waals surface area (Å²) in [5.41, 5.74) is 0. The maximum atomic E-state index is 12.1. The second-order valence-electron chi connectivity index (χ2n) is 5.73. The van der Waals surface area contributed by atoms with Crippen LogP contribution in [0.4, 0.5) is 0 Å². The first-order valence-corrected chi connectivity index (χ1v) is 7.40. The molecule has 116 valence electrons. The highest BCUT2D eigenvalue weighted by Crippen LogP contribution is 2.18. The van der Waals surface area contributed by atoms with Crippen molar-refractivity contribution >= 4 is 5.91 Å². The normalized spacial score (nSPS) is 18.7. The first-order chi connectivity index (χ1) is 10.1. The molecule has 1 aromatic heterocycles. The van der Waals surface area contributed by atoms with Gasteiger partial charge in [0.2, 0.25) is 17.7 Å². The van der Waals surface area contributed by atoms with Gasteiger partial charge in [-0.1, -0.05) is 13.8 Å². The quantitative estimate of drug-likeness (QED) is 0.829. The van der Waals surface area contributed by atoms with Gasteiger partial charge in [0, 0.05) is 25.1 Å². The lowest BCUT2D eigenvalue weighted by atomic mass is 10.1. The fraction of sp³-hybridized carbons (Fsp3) is 0.667. The van der Waals surface area contributed by atoms with E-state index in [2.05, 4.69) is 24.0 Å². The SMILES string of the molecule is COc1ccc(OC2CCCN(C(=O)CC(C)C)C2)nn1. The van der Waals surface area contributed by atoms with Gasteiger partial charge >= 0.3 is 0 Å². The highest BCUT2D eigenvalue weighted by atomic mass is 16.5. The number of amides is 1. The largest absolute Gasteiger partial charge is 0.480 e. The van der Waals surface area contributed by atoms with Crippen LogP contribution in [0.1, 0.15) is 33.1 Å². The topological polar surface area (TPSA) is 64.6 Å². The molecular formula is C15H23N3O3. The van der Waals surface area contributed by atoms with E-state index in [0.717, 1.165) is 19.4 Å². The van der Waals surface area contributed by atoms with Crippen LogP contribution in [-0.2, 0) is 4.79 Å². The van der Waals surface area contributed by atoms with E-state index in [4.69, 9.17) is 9.47 Å². The molecule has 0 aromatic carbocycles. The molecule has 1 unspecified atom stereocenters. The zero-order valence-corrected chi connectivity index (χ0v) is 12.9. The van der Waals surface area contributed by atoms with Crippen LogP contribution in [0.2, 0.25) is 0 Å². The van der Waals surface area contributed by atoms with Crippen LogP contribution in [0.15, 0.2) is 12.1 Å². The van der Waals surface area contributed by atoms with Gasteiger partial charge in [-0.25, -0.2) is 0 Å². The van der Waals surface area contributed by atoms with Gasteiger partial charge in [-0.15, -0.1) is 10.2 Å². The van der Waals surface area contributed by atoms with E-state index in [1.165, 1.54) is 0 Å². The Kier molecular flexibility index (Phi) is 5.36. The lowest BCUT2D eigenvalue weighted by molar-refractivity contribution is -0.134. The van der Waals surface area contributed by atoms with Gasteiger partial charge in [0.15, 0.2) is 0 Å². The van der Waals surface area contributed by atoms with Crippen LogP contribution < -0.4 is 9.47 Å². The number of nitrogens with zero attached hydrogens (tertiary/aromatic N) is 3. The predicted octanol–water partition coefficient (Wildman–Crippen LogP) is 1.90. The van der Waals surface area contributed by atoms with E-state index in [0.29, 0.717) is 30.6 Å². The van der Waals surface area contributed by atoms with Crippen molar-refractivity contribution in [3.63, 3.8) is 0 Å². The number of methoxy groups -OCH3 is 1. The van der Waals surface area contributed by atoms with E-state index in [1.807, 2.05) is 4.90 Å². The molecule has 6 nitrogen and oxygen atoms in total. The fourth-order valence-electron chi connectivity index (χ4n) is 2.39. The summed E-state index contributed by atoms with van der Waals surface area (Å²) in [6.07, 6.45) is 2.46. The summed E-state index contributed by atoms with van der Waals surface area (Å²) in [7, 11) is 1.55. The highest BCUT2D eigenvalue weighted by Gasteiger charge is 2.25. The third-order valence-corrected chi connectivity index (χ3v) is 3.43. The third kappa shape index (κ3) is 4.58. The summed E-state index contributed by atoms with van der Waals surface area (Å²) >= 11 is 0. The minimum Gasteiger partial charge on any atom is -0.480 e. The number of ether oxygens (including phenoxy) is 2. The molecule has 6 heteroatoms. The molecule has 0 spiro atoms. The number of carbonyl (C=O) groups excluding carboxylic acids is 1. The van der Waals surface area contributed by atoms with Gasteiger partial charge in [-0.2, -0.15) is 0 Å². The molecule has 1 aromatic rings. The lowest BCUT2D eigenvalue weighted by Crippen LogP contribution is -2.44. The number of piperidine rings is 1. The molecule has 0 radical (unpaired) electrons. The Bertz CT molecular complexity index is 462. The fourth-order valence-corrected chi connectivity index (χ4v) is 2.39. The average molecular weight is 293 g/mol. The maximum absolute atomic E-state index is 12.1. The molecule has 2 heterocycles. The van der Waals surface area contributed by atoms with Crippen LogP contribution in [0.25, 0.3) is 0 Å². The Morgan fingerprint density at radius 3 is 2.71 bits per heavy atom. The van der Waals surface area contributed by atoms with Crippen molar-refractivity contribution in [2.45, 2.75) is 39.2 Å². The predicted molar refractivity (Wildman–Crippen MR) is 78.3 cm³/mol. The Balaban J connectivity index is 1.89. The Labute approximate surface area is 125 Å². The van der Waals surface area contributed by atoms with Crippen molar-refractivity contribution in [2.24, 2.45) is 5.92 Å². The molecule has 1 saturated heterocycles. The number of hydrogen-bond acceptors (Lipinski definition) is 5. The molecule has 2 rings (SSSR count). The zero-order chi connectivity index (χ0) is 15.2. The van der Waals surface area contributed by atoms with Crippen molar-refractivity contribution in [1.29, 1.82) is 0 Å². The Hall–Kier alpha value is -1.85. The van der Waals surface area contributed by atoms with E-state index in [9.17, 15) is 4.79 Å². The molecule has 1 amide bonds. The molecular weight excluding hydrogens is 270 g/mol. The number of carbonyl (C=O) groups is 1. The van der Waals surface area contributed by atoms with Gasteiger partial charge in [0.05, 0.1) is 13.7 Å². The maximum Gasteiger partial charge on any atom is 0.233 e. The second-order valence-corrected chi connectivity index (χ2v) is 5.73. The van der Waals surface area contributed by atoms with Crippen molar-refractivity contribution in [3.8, 4) is 11.8 Å². The van der Waals surface area contributed by atoms with E-state index < -0.39 is 0 Å². The van der Waals surface area contributed by atoms with E-state index >= 15 is 0 Å². The Morgan fingerprint density at radius 2 is 2.10 bits per heavy atom. The van der Waals surface area contributed by atoms with Crippen LogP contribution in [-0.4, -0.2) is 47.3 Å². The van der Waals surface area contributed by atoms with Gasteiger partial charge < -0.3 is 14.4 Å². The van der Waals surface area contributed by atoms with Gasteiger partial charge in [-0.3, -0.25) is 4.79 Å². The number of rotatable bonds is 5. The van der Waals surface area contributed by atoms with E-state index in [-0.39, 0.29) is 12.0 Å². The van der Waals surface area contributed by atoms with Crippen LogP contribution in [0.3, 0.4) is 0 Å². The molecule has 1 atom stereocenters. The summed E-state index contributed by atoms with van der Waals surface area (Å²) in [4.78, 5) is 14.0. The van der Waals surface area contributed by atoms with Crippen molar-refractivity contribution < 1.29 is 14.3 Å². The molecule has 1 aliphatic rings. The number of hydrogen-bond donors (Lipinski definition) is 0. The lowest BCUT2D eigenvalue weighted by Gasteiger charge is -2.33. The van der Waals surface area contributed by atoms with Crippen molar-refractivity contribution in [3.05, 3.63) is 12.1 Å². The third-order valence-electron chi connectivity index (χ3n) is 3.43. The number of likely N-dealkylation sites (tertiary alicyclic amines) is 1. The van der Waals surface area contributed by atoms with Crippen LogP contribution >= 0.6 is 0 Å².